The molecule has 0 saturated heterocycles. The number of furan rings is 1. The van der Waals surface area contributed by atoms with Gasteiger partial charge in [-0.3, -0.25) is 0 Å². The highest BCUT2D eigenvalue weighted by atomic mass is 16.5. The minimum Gasteiger partial charge on any atom is -0.497 e. The van der Waals surface area contributed by atoms with E-state index in [-0.39, 0.29) is 6.04 Å². The number of hydrogen-bond donors (Lipinski definition) is 1. The number of hydrogen-bond acceptors (Lipinski definition) is 3. The van der Waals surface area contributed by atoms with Crippen LogP contribution in [0.15, 0.2) is 34.7 Å². The van der Waals surface area contributed by atoms with Gasteiger partial charge < -0.3 is 14.9 Å². The molecule has 0 radical (unpaired) electrons. The molecule has 1 unspecified atom stereocenters. The second-order valence-corrected chi connectivity index (χ2v) is 4.14. The van der Waals surface area contributed by atoms with Crippen LogP contribution >= 0.6 is 0 Å². The summed E-state index contributed by atoms with van der Waals surface area (Å²) in [6.45, 7) is 3.96. The number of methoxy groups -OCH3 is 1. The van der Waals surface area contributed by atoms with Crippen LogP contribution in [0.5, 0.6) is 5.75 Å². The Morgan fingerprint density at radius 1 is 1.24 bits per heavy atom. The van der Waals surface area contributed by atoms with Crippen molar-refractivity contribution in [3.8, 4) is 5.75 Å². The fraction of sp³-hybridized carbons (Fsp3) is 0.286. The summed E-state index contributed by atoms with van der Waals surface area (Å²) < 4.78 is 10.8. The van der Waals surface area contributed by atoms with Crippen LogP contribution in [0.3, 0.4) is 0 Å². The van der Waals surface area contributed by atoms with Crippen molar-refractivity contribution in [1.82, 2.24) is 0 Å². The van der Waals surface area contributed by atoms with Crippen LogP contribution in [0.25, 0.3) is 0 Å². The molecule has 0 aliphatic carbocycles. The van der Waals surface area contributed by atoms with Crippen LogP contribution in [0.4, 0.5) is 0 Å². The highest BCUT2D eigenvalue weighted by Crippen LogP contribution is 2.26. The van der Waals surface area contributed by atoms with Gasteiger partial charge >= 0.3 is 0 Å². The normalized spacial score (nSPS) is 12.5. The van der Waals surface area contributed by atoms with E-state index >= 15 is 0 Å². The van der Waals surface area contributed by atoms with E-state index < -0.39 is 0 Å². The van der Waals surface area contributed by atoms with E-state index in [0.29, 0.717) is 0 Å². The van der Waals surface area contributed by atoms with Gasteiger partial charge in [-0.2, -0.15) is 0 Å². The molecule has 17 heavy (non-hydrogen) atoms. The van der Waals surface area contributed by atoms with Crippen molar-refractivity contribution in [2.75, 3.05) is 7.11 Å². The van der Waals surface area contributed by atoms with Gasteiger partial charge in [-0.15, -0.1) is 0 Å². The van der Waals surface area contributed by atoms with Gasteiger partial charge in [0.05, 0.1) is 13.2 Å². The Labute approximate surface area is 101 Å². The van der Waals surface area contributed by atoms with E-state index in [4.69, 9.17) is 14.9 Å². The number of rotatable bonds is 3. The first-order chi connectivity index (χ1) is 8.11. The number of aryl methyl sites for hydroxylation is 2. The van der Waals surface area contributed by atoms with Crippen molar-refractivity contribution >= 4 is 0 Å². The Morgan fingerprint density at radius 2 is 2.00 bits per heavy atom. The molecule has 0 spiro atoms. The molecule has 2 aromatic rings. The van der Waals surface area contributed by atoms with E-state index in [1.165, 1.54) is 0 Å². The first-order valence-corrected chi connectivity index (χ1v) is 5.58. The highest BCUT2D eigenvalue weighted by molar-refractivity contribution is 5.35. The van der Waals surface area contributed by atoms with Gasteiger partial charge in [-0.1, -0.05) is 12.1 Å². The molecule has 0 fully saturated rings. The maximum Gasteiger partial charge on any atom is 0.125 e. The third kappa shape index (κ3) is 2.34. The second-order valence-electron chi connectivity index (χ2n) is 4.14. The first-order valence-electron chi connectivity index (χ1n) is 5.58. The zero-order valence-corrected chi connectivity index (χ0v) is 10.4. The predicted octanol–water partition coefficient (Wildman–Crippen LogP) is 2.95. The van der Waals surface area contributed by atoms with Crippen molar-refractivity contribution in [3.05, 3.63) is 53.0 Å². The smallest absolute Gasteiger partial charge is 0.125 e. The fourth-order valence-corrected chi connectivity index (χ4v) is 1.75. The largest absolute Gasteiger partial charge is 0.497 e. The topological polar surface area (TPSA) is 48.4 Å². The van der Waals surface area contributed by atoms with Crippen molar-refractivity contribution in [2.45, 2.75) is 19.9 Å². The summed E-state index contributed by atoms with van der Waals surface area (Å²) in [5.41, 5.74) is 8.28. The first kappa shape index (κ1) is 11.7. The van der Waals surface area contributed by atoms with Crippen LogP contribution in [-0.2, 0) is 0 Å². The highest BCUT2D eigenvalue weighted by Gasteiger charge is 2.14. The fourth-order valence-electron chi connectivity index (χ4n) is 1.75. The standard InChI is InChI=1S/C14H17NO2/c1-9-7-13(17-10(9)2)14(15)11-5-4-6-12(8-11)16-3/h4-8,14H,15H2,1-3H3. The molecule has 90 valence electrons. The monoisotopic (exact) mass is 231 g/mol. The Morgan fingerprint density at radius 3 is 2.59 bits per heavy atom. The van der Waals surface area contributed by atoms with Crippen molar-refractivity contribution in [1.29, 1.82) is 0 Å². The summed E-state index contributed by atoms with van der Waals surface area (Å²) in [5, 5.41) is 0. The Hall–Kier alpha value is -1.74. The molecule has 2 rings (SSSR count). The molecule has 1 aromatic heterocycles. The summed E-state index contributed by atoms with van der Waals surface area (Å²) in [5.74, 6) is 2.50. The van der Waals surface area contributed by atoms with Gasteiger partial charge in [-0.25, -0.2) is 0 Å². The summed E-state index contributed by atoms with van der Waals surface area (Å²) in [7, 11) is 1.64. The average molecular weight is 231 g/mol. The third-order valence-electron chi connectivity index (χ3n) is 2.94. The van der Waals surface area contributed by atoms with Crippen LogP contribution < -0.4 is 10.5 Å². The number of ether oxygens (including phenoxy) is 1. The molecule has 0 aliphatic rings. The lowest BCUT2D eigenvalue weighted by Crippen LogP contribution is -2.10. The van der Waals surface area contributed by atoms with Crippen LogP contribution in [0.1, 0.15) is 28.7 Å². The molecular formula is C14H17NO2. The molecule has 0 amide bonds. The van der Waals surface area contributed by atoms with Gasteiger partial charge in [-0.05, 0) is 43.2 Å². The molecule has 0 aliphatic heterocycles. The minimum atomic E-state index is -0.252. The van der Waals surface area contributed by atoms with E-state index in [1.54, 1.807) is 7.11 Å². The molecule has 1 atom stereocenters. The van der Waals surface area contributed by atoms with Crippen LogP contribution in [0, 0.1) is 13.8 Å². The molecule has 3 nitrogen and oxygen atoms in total. The van der Waals surface area contributed by atoms with Crippen molar-refractivity contribution in [2.24, 2.45) is 5.73 Å². The van der Waals surface area contributed by atoms with E-state index in [0.717, 1.165) is 28.4 Å². The Bertz CT molecular complexity index is 497. The summed E-state index contributed by atoms with van der Waals surface area (Å²) in [4.78, 5) is 0. The Kier molecular flexibility index (Phi) is 3.20. The van der Waals surface area contributed by atoms with Crippen molar-refractivity contribution in [3.63, 3.8) is 0 Å². The maximum atomic E-state index is 6.17. The van der Waals surface area contributed by atoms with Gasteiger partial charge in [0.1, 0.15) is 17.3 Å². The summed E-state index contributed by atoms with van der Waals surface area (Å²) in [6, 6.07) is 9.46. The van der Waals surface area contributed by atoms with Gasteiger partial charge in [0, 0.05) is 0 Å². The quantitative estimate of drug-likeness (QED) is 0.883. The molecule has 0 saturated carbocycles. The van der Waals surface area contributed by atoms with E-state index in [1.807, 2.05) is 44.2 Å². The minimum absolute atomic E-state index is 0.252. The zero-order chi connectivity index (χ0) is 12.4. The molecule has 1 aromatic carbocycles. The number of nitrogens with two attached hydrogens (primary N) is 1. The lowest BCUT2D eigenvalue weighted by atomic mass is 10.0. The molecule has 1 heterocycles. The van der Waals surface area contributed by atoms with Gasteiger partial charge in [0.25, 0.3) is 0 Å². The van der Waals surface area contributed by atoms with Gasteiger partial charge in [0.2, 0.25) is 0 Å². The average Bonchev–Trinajstić information content (AvgIpc) is 2.69. The SMILES string of the molecule is COc1cccc(C(N)c2cc(C)c(C)o2)c1. The summed E-state index contributed by atoms with van der Waals surface area (Å²) >= 11 is 0. The molecule has 0 bridgehead atoms. The summed E-state index contributed by atoms with van der Waals surface area (Å²) in [6.07, 6.45) is 0. The zero-order valence-electron chi connectivity index (χ0n) is 10.4. The Balaban J connectivity index is 2.32. The molecular weight excluding hydrogens is 214 g/mol. The molecule has 2 N–H and O–H groups in total. The maximum absolute atomic E-state index is 6.17. The third-order valence-corrected chi connectivity index (χ3v) is 2.94. The van der Waals surface area contributed by atoms with E-state index in [9.17, 15) is 0 Å². The van der Waals surface area contributed by atoms with Crippen LogP contribution in [-0.4, -0.2) is 7.11 Å². The predicted molar refractivity (Wildman–Crippen MR) is 67.2 cm³/mol. The van der Waals surface area contributed by atoms with Crippen molar-refractivity contribution < 1.29 is 9.15 Å². The lowest BCUT2D eigenvalue weighted by molar-refractivity contribution is 0.413. The van der Waals surface area contributed by atoms with E-state index in [2.05, 4.69) is 0 Å². The second kappa shape index (κ2) is 4.63. The van der Waals surface area contributed by atoms with Gasteiger partial charge in [0.15, 0.2) is 0 Å². The number of benzene rings is 1. The molecule has 3 heteroatoms. The lowest BCUT2D eigenvalue weighted by Gasteiger charge is -2.10. The van der Waals surface area contributed by atoms with Crippen LogP contribution in [0.2, 0.25) is 0 Å².